The van der Waals surface area contributed by atoms with Crippen molar-refractivity contribution in [2.45, 2.75) is 0 Å². The summed E-state index contributed by atoms with van der Waals surface area (Å²) in [6.07, 6.45) is 0. The molecule has 0 saturated heterocycles. The van der Waals surface area contributed by atoms with Crippen LogP contribution in [0.15, 0.2) is 24.3 Å². The van der Waals surface area contributed by atoms with Gasteiger partial charge in [0.2, 0.25) is 0 Å². The van der Waals surface area contributed by atoms with Crippen LogP contribution in [0.3, 0.4) is 0 Å². The third-order valence-electron chi connectivity index (χ3n) is 2.60. The van der Waals surface area contributed by atoms with Gasteiger partial charge in [0, 0.05) is 28.6 Å². The Balaban J connectivity index is 2.88. The first-order valence-electron chi connectivity index (χ1n) is 5.71. The lowest BCUT2D eigenvalue weighted by Crippen LogP contribution is -2.09. The molecule has 0 aliphatic heterocycles. The predicted octanol–water partition coefficient (Wildman–Crippen LogP) is 0.693. The number of fused-ring (bicyclic) bond motifs is 1. The van der Waals surface area contributed by atoms with Gasteiger partial charge in [0.05, 0.1) is 11.0 Å². The summed E-state index contributed by atoms with van der Waals surface area (Å²) in [5.41, 5.74) is 4.67. The molecule has 0 aliphatic rings. The summed E-state index contributed by atoms with van der Waals surface area (Å²) in [4.78, 5) is 10.0. The Morgan fingerprint density at radius 1 is 0.917 bits per heavy atom. The standard InChI is InChI=1S/C10H8N2O10S2/c11-5-1-7-8(9(2-5)21-23(15,16)17)3-6(12(13)14)4-10(7)22-24(18,19)20/h1-4H,11H2,(H,15,16,17)(H,18,19,20). The van der Waals surface area contributed by atoms with Gasteiger partial charge in [-0.2, -0.15) is 16.8 Å². The van der Waals surface area contributed by atoms with E-state index in [9.17, 15) is 26.9 Å². The third kappa shape index (κ3) is 4.19. The summed E-state index contributed by atoms with van der Waals surface area (Å²) in [5, 5.41) is 10.4. The van der Waals surface area contributed by atoms with Crippen LogP contribution in [-0.4, -0.2) is 30.9 Å². The van der Waals surface area contributed by atoms with Crippen molar-refractivity contribution in [1.29, 1.82) is 0 Å². The van der Waals surface area contributed by atoms with Crippen LogP contribution in [0.5, 0.6) is 11.5 Å². The van der Waals surface area contributed by atoms with Crippen LogP contribution in [-0.2, 0) is 20.8 Å². The lowest BCUT2D eigenvalue weighted by Gasteiger charge is -2.11. The molecule has 130 valence electrons. The van der Waals surface area contributed by atoms with Crippen molar-refractivity contribution in [1.82, 2.24) is 0 Å². The largest absolute Gasteiger partial charge is 0.446 e. The minimum absolute atomic E-state index is 0.143. The highest BCUT2D eigenvalue weighted by atomic mass is 32.3. The van der Waals surface area contributed by atoms with E-state index in [1.165, 1.54) is 0 Å². The molecule has 0 aromatic heterocycles. The van der Waals surface area contributed by atoms with Crippen LogP contribution in [0.25, 0.3) is 10.8 Å². The van der Waals surface area contributed by atoms with Crippen molar-refractivity contribution in [3.05, 3.63) is 34.4 Å². The van der Waals surface area contributed by atoms with Gasteiger partial charge in [-0.15, -0.1) is 0 Å². The second-order valence-electron chi connectivity index (χ2n) is 4.34. The van der Waals surface area contributed by atoms with Gasteiger partial charge >= 0.3 is 20.8 Å². The van der Waals surface area contributed by atoms with Gasteiger partial charge in [0.25, 0.3) is 5.69 Å². The molecule has 24 heavy (non-hydrogen) atoms. The number of nitro groups is 1. The van der Waals surface area contributed by atoms with Crippen molar-refractivity contribution in [2.75, 3.05) is 5.73 Å². The van der Waals surface area contributed by atoms with Gasteiger partial charge < -0.3 is 14.1 Å². The van der Waals surface area contributed by atoms with E-state index < -0.39 is 42.9 Å². The van der Waals surface area contributed by atoms with Gasteiger partial charge in [0.1, 0.15) is 0 Å². The summed E-state index contributed by atoms with van der Waals surface area (Å²) in [6, 6.07) is 3.53. The number of hydrogen-bond acceptors (Lipinski definition) is 9. The second-order valence-corrected chi connectivity index (χ2v) is 6.38. The van der Waals surface area contributed by atoms with E-state index >= 15 is 0 Å². The summed E-state index contributed by atoms with van der Waals surface area (Å²) >= 11 is 0. The molecule has 0 aliphatic carbocycles. The van der Waals surface area contributed by atoms with Crippen LogP contribution in [0.4, 0.5) is 11.4 Å². The lowest BCUT2D eigenvalue weighted by atomic mass is 10.1. The average Bonchev–Trinajstić information content (AvgIpc) is 2.35. The zero-order valence-electron chi connectivity index (χ0n) is 11.3. The van der Waals surface area contributed by atoms with Crippen LogP contribution in [0, 0.1) is 10.1 Å². The summed E-state index contributed by atoms with van der Waals surface area (Å²) in [6.45, 7) is 0. The van der Waals surface area contributed by atoms with Crippen LogP contribution in [0.1, 0.15) is 0 Å². The second kappa shape index (κ2) is 5.75. The first kappa shape index (κ1) is 17.7. The maximum Gasteiger partial charge on any atom is 0.446 e. The van der Waals surface area contributed by atoms with Gasteiger partial charge in [0.15, 0.2) is 11.5 Å². The molecule has 14 heteroatoms. The molecular weight excluding hydrogens is 372 g/mol. The van der Waals surface area contributed by atoms with E-state index in [2.05, 4.69) is 8.37 Å². The molecule has 0 unspecified atom stereocenters. The fourth-order valence-corrected chi connectivity index (χ4v) is 2.60. The number of rotatable bonds is 5. The van der Waals surface area contributed by atoms with Crippen LogP contribution < -0.4 is 14.1 Å². The Morgan fingerprint density at radius 2 is 1.38 bits per heavy atom. The molecule has 2 rings (SSSR count). The smallest absolute Gasteiger partial charge is 0.399 e. The van der Waals surface area contributed by atoms with E-state index in [-0.39, 0.29) is 16.5 Å². The van der Waals surface area contributed by atoms with Crippen molar-refractivity contribution >= 4 is 42.9 Å². The van der Waals surface area contributed by atoms with E-state index in [0.717, 1.165) is 18.2 Å². The fourth-order valence-electron chi connectivity index (χ4n) is 1.87. The molecule has 0 heterocycles. The first-order valence-corrected chi connectivity index (χ1v) is 8.44. The molecule has 0 bridgehead atoms. The van der Waals surface area contributed by atoms with Crippen molar-refractivity contribution < 1.29 is 39.2 Å². The topological polar surface area (TPSA) is 196 Å². The molecule has 0 amide bonds. The average molecular weight is 380 g/mol. The van der Waals surface area contributed by atoms with Crippen LogP contribution >= 0.6 is 0 Å². The minimum atomic E-state index is -5.04. The number of benzene rings is 2. The number of anilines is 1. The monoisotopic (exact) mass is 380 g/mol. The highest BCUT2D eigenvalue weighted by Crippen LogP contribution is 2.39. The Bertz CT molecular complexity index is 1040. The van der Waals surface area contributed by atoms with Gasteiger partial charge in [-0.05, 0) is 6.07 Å². The number of hydrogen-bond donors (Lipinski definition) is 3. The lowest BCUT2D eigenvalue weighted by molar-refractivity contribution is -0.384. The Labute approximate surface area is 134 Å². The van der Waals surface area contributed by atoms with Crippen LogP contribution in [0.2, 0.25) is 0 Å². The normalized spacial score (nSPS) is 12.1. The van der Waals surface area contributed by atoms with Crippen molar-refractivity contribution in [2.24, 2.45) is 0 Å². The summed E-state index contributed by atoms with van der Waals surface area (Å²) in [5.74, 6) is -1.31. The number of non-ortho nitro benzene ring substituents is 1. The Morgan fingerprint density at radius 3 is 1.83 bits per heavy atom. The van der Waals surface area contributed by atoms with E-state index in [1.807, 2.05) is 0 Å². The number of nitrogen functional groups attached to an aromatic ring is 1. The molecule has 0 radical (unpaired) electrons. The number of nitrogens with zero attached hydrogens (tertiary/aromatic N) is 1. The molecule has 0 atom stereocenters. The zero-order chi connectivity index (χ0) is 18.3. The Hall–Kier alpha value is -2.68. The third-order valence-corrected chi connectivity index (χ3v) is 3.38. The Kier molecular flexibility index (Phi) is 4.23. The van der Waals surface area contributed by atoms with Crippen molar-refractivity contribution in [3.63, 3.8) is 0 Å². The van der Waals surface area contributed by atoms with Gasteiger partial charge in [-0.1, -0.05) is 0 Å². The predicted molar refractivity (Wildman–Crippen MR) is 79.4 cm³/mol. The SMILES string of the molecule is Nc1cc(OS(=O)(=O)O)c2cc([N+](=O)[O-])cc(OS(=O)(=O)O)c2c1. The first-order chi connectivity index (χ1) is 10.9. The van der Waals surface area contributed by atoms with E-state index in [4.69, 9.17) is 14.8 Å². The number of nitro benzene ring substituents is 1. The summed E-state index contributed by atoms with van der Waals surface area (Å²) in [7, 11) is -10.0. The molecule has 12 nitrogen and oxygen atoms in total. The van der Waals surface area contributed by atoms with Gasteiger partial charge in [-0.25, -0.2) is 0 Å². The molecule has 0 fully saturated rings. The highest BCUT2D eigenvalue weighted by Gasteiger charge is 2.21. The van der Waals surface area contributed by atoms with E-state index in [0.29, 0.717) is 6.07 Å². The molecule has 0 saturated carbocycles. The van der Waals surface area contributed by atoms with Gasteiger partial charge in [-0.3, -0.25) is 19.2 Å². The summed E-state index contributed by atoms with van der Waals surface area (Å²) < 4.78 is 69.6. The maximum absolute atomic E-state index is 10.9. The maximum atomic E-state index is 10.9. The number of nitrogens with two attached hydrogens (primary N) is 1. The molecule has 4 N–H and O–H groups in total. The van der Waals surface area contributed by atoms with Crippen molar-refractivity contribution in [3.8, 4) is 11.5 Å². The molecule has 2 aromatic rings. The molecule has 2 aromatic carbocycles. The van der Waals surface area contributed by atoms with E-state index in [1.54, 1.807) is 0 Å². The fraction of sp³-hybridized carbons (Fsp3) is 0. The zero-order valence-corrected chi connectivity index (χ0v) is 12.9. The molecular formula is C10H8N2O10S2. The quantitative estimate of drug-likeness (QED) is 0.285. The minimum Gasteiger partial charge on any atom is -0.399 e. The highest BCUT2D eigenvalue weighted by molar-refractivity contribution is 7.81. The molecule has 0 spiro atoms.